The third kappa shape index (κ3) is 5.00. The first-order valence-corrected chi connectivity index (χ1v) is 6.11. The van der Waals surface area contributed by atoms with Crippen LogP contribution in [0.5, 0.6) is 0 Å². The van der Waals surface area contributed by atoms with Crippen LogP contribution in [-0.4, -0.2) is 37.5 Å². The monoisotopic (exact) mass is 255 g/mol. The van der Waals surface area contributed by atoms with Crippen LogP contribution in [0.3, 0.4) is 0 Å². The molecule has 0 fully saturated rings. The molecule has 1 aliphatic heterocycles. The van der Waals surface area contributed by atoms with Crippen LogP contribution in [0.25, 0.3) is 0 Å². The van der Waals surface area contributed by atoms with Crippen LogP contribution < -0.4 is 0 Å². The second-order valence-electron chi connectivity index (χ2n) is 5.82. The summed E-state index contributed by atoms with van der Waals surface area (Å²) in [4.78, 5) is 22.7. The van der Waals surface area contributed by atoms with Gasteiger partial charge < -0.3 is 14.4 Å². The first-order valence-electron chi connectivity index (χ1n) is 6.11. The molecule has 1 heterocycles. The molecule has 0 N–H and O–H groups in total. The molecule has 18 heavy (non-hydrogen) atoms. The Morgan fingerprint density at radius 1 is 1.39 bits per heavy atom. The second kappa shape index (κ2) is 6.69. The van der Waals surface area contributed by atoms with Gasteiger partial charge in [-0.2, -0.15) is 0 Å². The van der Waals surface area contributed by atoms with Crippen LogP contribution in [0.15, 0.2) is 11.6 Å². The van der Waals surface area contributed by atoms with Gasteiger partial charge in [0.25, 0.3) is 0 Å². The van der Waals surface area contributed by atoms with E-state index in [-0.39, 0.29) is 17.6 Å². The van der Waals surface area contributed by atoms with Gasteiger partial charge in [-0.1, -0.05) is 34.6 Å². The molecule has 0 bridgehead atoms. The number of hydrogen-bond donors (Lipinski definition) is 0. The van der Waals surface area contributed by atoms with E-state index in [9.17, 15) is 9.59 Å². The Hall–Kier alpha value is -1.16. The molecular weight excluding hydrogens is 230 g/mol. The summed E-state index contributed by atoms with van der Waals surface area (Å²) in [7, 11) is 3.37. The molecule has 1 aliphatic rings. The maximum absolute atomic E-state index is 11.2. The minimum absolute atomic E-state index is 0.0329. The lowest BCUT2D eigenvalue weighted by atomic mass is 10.0. The van der Waals surface area contributed by atoms with Crippen molar-refractivity contribution in [3.8, 4) is 0 Å². The van der Waals surface area contributed by atoms with E-state index in [2.05, 4.69) is 13.8 Å². The Morgan fingerprint density at radius 3 is 2.06 bits per heavy atom. The lowest BCUT2D eigenvalue weighted by Gasteiger charge is -2.23. The van der Waals surface area contributed by atoms with Gasteiger partial charge in [0.15, 0.2) is 6.23 Å². The molecule has 0 aromatic rings. The van der Waals surface area contributed by atoms with Crippen molar-refractivity contribution in [2.75, 3.05) is 14.2 Å². The highest BCUT2D eigenvalue weighted by Gasteiger charge is 2.30. The van der Waals surface area contributed by atoms with E-state index in [1.165, 1.54) is 0 Å². The van der Waals surface area contributed by atoms with Crippen molar-refractivity contribution in [3.63, 3.8) is 0 Å². The number of likely N-dealkylation sites (N-methyl/N-ethyl adjacent to an activating group) is 1. The van der Waals surface area contributed by atoms with E-state index < -0.39 is 0 Å². The molecule has 1 unspecified atom stereocenters. The molecule has 0 aromatic carbocycles. The van der Waals surface area contributed by atoms with Gasteiger partial charge in [-0.3, -0.25) is 4.79 Å². The molecule has 0 spiro atoms. The van der Waals surface area contributed by atoms with E-state index in [1.807, 2.05) is 20.8 Å². The summed E-state index contributed by atoms with van der Waals surface area (Å²) >= 11 is 0. The van der Waals surface area contributed by atoms with Crippen molar-refractivity contribution >= 4 is 12.2 Å². The molecule has 0 aromatic heterocycles. The van der Waals surface area contributed by atoms with Crippen molar-refractivity contribution in [2.24, 2.45) is 11.3 Å². The fourth-order valence-electron chi connectivity index (χ4n) is 1.40. The zero-order valence-corrected chi connectivity index (χ0v) is 12.5. The van der Waals surface area contributed by atoms with Gasteiger partial charge in [-0.15, -0.1) is 0 Å². The quantitative estimate of drug-likeness (QED) is 0.711. The molecular formula is C14H25NO3. The predicted molar refractivity (Wildman–Crippen MR) is 72.0 cm³/mol. The maximum atomic E-state index is 11.2. The van der Waals surface area contributed by atoms with Crippen LogP contribution in [0.2, 0.25) is 0 Å². The first-order chi connectivity index (χ1) is 8.14. The maximum Gasteiger partial charge on any atom is 0.248 e. The number of nitrogens with zero attached hydrogens (tertiary/aromatic N) is 1. The first kappa shape index (κ1) is 16.8. The standard InChI is InChI=1S/C9H15NO2.C5H10O/c1-6(2)7-5-8(11)10(3)9(7)12-4;1-5(2,3)4-6/h5-6,9H,1-4H3;4H,1-3H3. The van der Waals surface area contributed by atoms with Gasteiger partial charge >= 0.3 is 0 Å². The summed E-state index contributed by atoms with van der Waals surface area (Å²) in [5.41, 5.74) is 0.921. The molecule has 0 saturated carbocycles. The van der Waals surface area contributed by atoms with Gasteiger partial charge in [-0.05, 0) is 11.5 Å². The van der Waals surface area contributed by atoms with Crippen molar-refractivity contribution in [3.05, 3.63) is 11.6 Å². The lowest BCUT2D eigenvalue weighted by Crippen LogP contribution is -2.33. The van der Waals surface area contributed by atoms with Gasteiger partial charge in [-0.25, -0.2) is 0 Å². The second-order valence-corrected chi connectivity index (χ2v) is 5.82. The van der Waals surface area contributed by atoms with Crippen LogP contribution >= 0.6 is 0 Å². The summed E-state index contributed by atoms with van der Waals surface area (Å²) in [6.07, 6.45) is 2.45. The van der Waals surface area contributed by atoms with Crippen molar-refractivity contribution < 1.29 is 14.3 Å². The van der Waals surface area contributed by atoms with Gasteiger partial charge in [0.2, 0.25) is 5.91 Å². The molecule has 4 heteroatoms. The van der Waals surface area contributed by atoms with Gasteiger partial charge in [0.05, 0.1) is 0 Å². The predicted octanol–water partition coefficient (Wildman–Crippen LogP) is 2.24. The number of rotatable bonds is 2. The molecule has 1 rings (SSSR count). The summed E-state index contributed by atoms with van der Waals surface area (Å²) in [6, 6.07) is 0. The third-order valence-electron chi connectivity index (χ3n) is 2.52. The highest BCUT2D eigenvalue weighted by atomic mass is 16.5. The number of hydrogen-bond acceptors (Lipinski definition) is 3. The van der Waals surface area contributed by atoms with E-state index in [1.54, 1.807) is 25.1 Å². The third-order valence-corrected chi connectivity index (χ3v) is 2.52. The topological polar surface area (TPSA) is 46.6 Å². The normalized spacial score (nSPS) is 19.6. The number of amides is 1. The van der Waals surface area contributed by atoms with Crippen LogP contribution in [-0.2, 0) is 14.3 Å². The highest BCUT2D eigenvalue weighted by molar-refractivity contribution is 5.91. The summed E-state index contributed by atoms with van der Waals surface area (Å²) < 4.78 is 5.20. The minimum Gasteiger partial charge on any atom is -0.358 e. The Kier molecular flexibility index (Phi) is 6.26. The Morgan fingerprint density at radius 2 is 1.83 bits per heavy atom. The number of carbonyl (C=O) groups excluding carboxylic acids is 2. The molecule has 4 nitrogen and oxygen atoms in total. The van der Waals surface area contributed by atoms with Gasteiger partial charge in [0, 0.05) is 25.6 Å². The zero-order valence-electron chi connectivity index (χ0n) is 12.5. The Labute approximate surface area is 110 Å². The van der Waals surface area contributed by atoms with Crippen LogP contribution in [0, 0.1) is 11.3 Å². The minimum atomic E-state index is -0.155. The molecule has 1 atom stereocenters. The lowest BCUT2D eigenvalue weighted by molar-refractivity contribution is -0.130. The van der Waals surface area contributed by atoms with Crippen molar-refractivity contribution in [2.45, 2.75) is 40.8 Å². The van der Waals surface area contributed by atoms with E-state index in [0.29, 0.717) is 5.92 Å². The SMILES string of the molecule is CC(C)(C)C=O.COC1C(C(C)C)=CC(=O)N1C. The number of methoxy groups -OCH3 is 1. The molecule has 0 aliphatic carbocycles. The molecule has 0 radical (unpaired) electrons. The summed E-state index contributed by atoms with van der Waals surface area (Å²) in [5.74, 6) is 0.398. The smallest absolute Gasteiger partial charge is 0.248 e. The molecule has 104 valence electrons. The average molecular weight is 255 g/mol. The van der Waals surface area contributed by atoms with Gasteiger partial charge in [0.1, 0.15) is 6.29 Å². The van der Waals surface area contributed by atoms with E-state index in [0.717, 1.165) is 11.9 Å². The molecule has 0 saturated heterocycles. The average Bonchev–Trinajstić information content (AvgIpc) is 2.55. The Bertz CT molecular complexity index is 326. The summed E-state index contributed by atoms with van der Waals surface area (Å²) in [6.45, 7) is 9.74. The number of aldehydes is 1. The molecule has 1 amide bonds. The van der Waals surface area contributed by atoms with E-state index >= 15 is 0 Å². The summed E-state index contributed by atoms with van der Waals surface area (Å²) in [5, 5.41) is 0. The number of ether oxygens (including phenoxy) is 1. The largest absolute Gasteiger partial charge is 0.358 e. The van der Waals surface area contributed by atoms with Crippen LogP contribution in [0.1, 0.15) is 34.6 Å². The van der Waals surface area contributed by atoms with Crippen LogP contribution in [0.4, 0.5) is 0 Å². The fourth-order valence-corrected chi connectivity index (χ4v) is 1.40. The van der Waals surface area contributed by atoms with E-state index in [4.69, 9.17) is 4.74 Å². The van der Waals surface area contributed by atoms with Crippen molar-refractivity contribution in [1.82, 2.24) is 4.90 Å². The fraction of sp³-hybridized carbons (Fsp3) is 0.714. The zero-order chi connectivity index (χ0) is 14.5. The highest BCUT2D eigenvalue weighted by Crippen LogP contribution is 2.24. The van der Waals surface area contributed by atoms with Crippen molar-refractivity contribution in [1.29, 1.82) is 0 Å². The number of carbonyl (C=O) groups is 2. The Balaban J connectivity index is 0.000000411.